The lowest BCUT2D eigenvalue weighted by molar-refractivity contribution is -0.140. The van der Waals surface area contributed by atoms with Crippen molar-refractivity contribution in [2.24, 2.45) is 5.73 Å². The second-order valence-electron chi connectivity index (χ2n) is 8.50. The van der Waals surface area contributed by atoms with E-state index >= 15 is 0 Å². The number of esters is 1. The number of ether oxygens (including phenoxy) is 4. The summed E-state index contributed by atoms with van der Waals surface area (Å²) in [5.74, 6) is 1.22. The van der Waals surface area contributed by atoms with Gasteiger partial charge in [0.25, 0.3) is 5.91 Å². The normalized spacial score (nSPS) is 10.7. The molecule has 1 amide bonds. The first-order chi connectivity index (χ1) is 17.2. The van der Waals surface area contributed by atoms with E-state index in [1.807, 2.05) is 50.2 Å². The average molecular weight is 495 g/mol. The van der Waals surface area contributed by atoms with Crippen molar-refractivity contribution in [1.82, 2.24) is 4.57 Å². The third kappa shape index (κ3) is 5.48. The van der Waals surface area contributed by atoms with Gasteiger partial charge in [0.1, 0.15) is 5.75 Å². The molecule has 3 aromatic rings. The van der Waals surface area contributed by atoms with Gasteiger partial charge in [0.05, 0.1) is 40.4 Å². The van der Waals surface area contributed by atoms with Gasteiger partial charge >= 0.3 is 5.97 Å². The minimum absolute atomic E-state index is 0.177. The third-order valence-electron chi connectivity index (χ3n) is 6.43. The molecule has 0 aliphatic rings. The summed E-state index contributed by atoms with van der Waals surface area (Å²) in [4.78, 5) is 24.7. The van der Waals surface area contributed by atoms with Crippen molar-refractivity contribution >= 4 is 11.9 Å². The molecule has 192 valence electrons. The van der Waals surface area contributed by atoms with E-state index in [9.17, 15) is 9.59 Å². The maximum Gasteiger partial charge on any atom is 0.305 e. The molecule has 0 unspecified atom stereocenters. The lowest BCUT2D eigenvalue weighted by Gasteiger charge is -2.15. The van der Waals surface area contributed by atoms with Gasteiger partial charge in [-0.3, -0.25) is 9.59 Å². The Morgan fingerprint density at radius 1 is 0.861 bits per heavy atom. The molecule has 0 aliphatic carbocycles. The van der Waals surface area contributed by atoms with Crippen LogP contribution >= 0.6 is 0 Å². The van der Waals surface area contributed by atoms with Crippen LogP contribution in [-0.4, -0.2) is 44.9 Å². The van der Waals surface area contributed by atoms with Crippen LogP contribution in [0, 0.1) is 13.8 Å². The minimum atomic E-state index is -0.514. The second kappa shape index (κ2) is 11.7. The van der Waals surface area contributed by atoms with E-state index in [4.69, 9.17) is 24.7 Å². The molecule has 0 atom stereocenters. The highest BCUT2D eigenvalue weighted by Crippen LogP contribution is 2.36. The van der Waals surface area contributed by atoms with Crippen LogP contribution in [0.3, 0.4) is 0 Å². The first kappa shape index (κ1) is 26.7. The molecule has 8 heteroatoms. The molecule has 2 N–H and O–H groups in total. The molecule has 0 radical (unpaired) electrons. The number of carbonyl (C=O) groups excluding carboxylic acids is 2. The predicted molar refractivity (Wildman–Crippen MR) is 138 cm³/mol. The molecule has 0 bridgehead atoms. The number of nitrogens with two attached hydrogens (primary N) is 1. The van der Waals surface area contributed by atoms with Crippen molar-refractivity contribution < 1.29 is 28.5 Å². The number of hydrogen-bond acceptors (Lipinski definition) is 6. The van der Waals surface area contributed by atoms with Gasteiger partial charge in [-0.15, -0.1) is 0 Å². The molecule has 2 aromatic carbocycles. The maximum absolute atomic E-state index is 12.7. The SMILES string of the molecule is COC(=O)CCc1c(-c2ccc(OC)c(C)c2)c(C(N)=O)c(C)n1CCc1ccc(OC)c(OC)c1. The maximum atomic E-state index is 12.7. The van der Waals surface area contributed by atoms with Crippen molar-refractivity contribution in [1.29, 1.82) is 0 Å². The number of rotatable bonds is 11. The van der Waals surface area contributed by atoms with Crippen LogP contribution in [-0.2, 0) is 28.9 Å². The minimum Gasteiger partial charge on any atom is -0.496 e. The molecule has 1 heterocycles. The summed E-state index contributed by atoms with van der Waals surface area (Å²) in [5.41, 5.74) is 11.5. The summed E-state index contributed by atoms with van der Waals surface area (Å²) >= 11 is 0. The number of nitrogens with zero attached hydrogens (tertiary/aromatic N) is 1. The van der Waals surface area contributed by atoms with Crippen LogP contribution in [0.5, 0.6) is 17.2 Å². The molecule has 0 saturated carbocycles. The van der Waals surface area contributed by atoms with Gasteiger partial charge in [0.15, 0.2) is 11.5 Å². The average Bonchev–Trinajstić information content (AvgIpc) is 3.16. The monoisotopic (exact) mass is 494 g/mol. The Labute approximate surface area is 211 Å². The largest absolute Gasteiger partial charge is 0.496 e. The van der Waals surface area contributed by atoms with E-state index in [1.54, 1.807) is 21.3 Å². The summed E-state index contributed by atoms with van der Waals surface area (Å²) in [5, 5.41) is 0. The van der Waals surface area contributed by atoms with Gasteiger partial charge in [0.2, 0.25) is 0 Å². The second-order valence-corrected chi connectivity index (χ2v) is 8.50. The molecule has 0 saturated heterocycles. The van der Waals surface area contributed by atoms with Crippen molar-refractivity contribution in [2.75, 3.05) is 28.4 Å². The van der Waals surface area contributed by atoms with E-state index in [0.717, 1.165) is 39.4 Å². The Hall–Kier alpha value is -3.94. The fourth-order valence-corrected chi connectivity index (χ4v) is 4.61. The summed E-state index contributed by atoms with van der Waals surface area (Å²) in [6.45, 7) is 4.41. The number of aromatic nitrogens is 1. The number of primary amides is 1. The van der Waals surface area contributed by atoms with Crippen molar-refractivity contribution in [2.45, 2.75) is 39.7 Å². The Morgan fingerprint density at radius 2 is 1.53 bits per heavy atom. The van der Waals surface area contributed by atoms with Crippen molar-refractivity contribution in [3.63, 3.8) is 0 Å². The van der Waals surface area contributed by atoms with Gasteiger partial charge in [0, 0.05) is 23.5 Å². The van der Waals surface area contributed by atoms with Crippen LogP contribution in [0.2, 0.25) is 0 Å². The Balaban J connectivity index is 2.11. The van der Waals surface area contributed by atoms with E-state index in [2.05, 4.69) is 4.57 Å². The molecular formula is C28H34N2O6. The summed E-state index contributed by atoms with van der Waals surface area (Å²) in [6.07, 6.45) is 1.24. The Kier molecular flexibility index (Phi) is 8.64. The van der Waals surface area contributed by atoms with Crippen LogP contribution in [0.25, 0.3) is 11.1 Å². The van der Waals surface area contributed by atoms with Crippen LogP contribution in [0.4, 0.5) is 0 Å². The number of carbonyl (C=O) groups is 2. The fourth-order valence-electron chi connectivity index (χ4n) is 4.61. The summed E-state index contributed by atoms with van der Waals surface area (Å²) < 4.78 is 23.2. The predicted octanol–water partition coefficient (Wildman–Crippen LogP) is 4.24. The molecule has 0 fully saturated rings. The number of benzene rings is 2. The summed E-state index contributed by atoms with van der Waals surface area (Å²) in [6, 6.07) is 11.5. The Bertz CT molecular complexity index is 1260. The van der Waals surface area contributed by atoms with Gasteiger partial charge < -0.3 is 29.2 Å². The van der Waals surface area contributed by atoms with Gasteiger partial charge in [-0.05, 0) is 67.6 Å². The number of hydrogen-bond donors (Lipinski definition) is 1. The lowest BCUT2D eigenvalue weighted by atomic mass is 9.96. The molecule has 36 heavy (non-hydrogen) atoms. The molecule has 0 aliphatic heterocycles. The number of amides is 1. The number of aryl methyl sites for hydroxylation is 2. The highest BCUT2D eigenvalue weighted by Gasteiger charge is 2.25. The van der Waals surface area contributed by atoms with Crippen LogP contribution < -0.4 is 19.9 Å². The number of methoxy groups -OCH3 is 4. The highest BCUT2D eigenvalue weighted by molar-refractivity contribution is 6.02. The van der Waals surface area contributed by atoms with E-state index in [-0.39, 0.29) is 12.4 Å². The van der Waals surface area contributed by atoms with Crippen molar-refractivity contribution in [3.05, 3.63) is 64.5 Å². The van der Waals surface area contributed by atoms with Gasteiger partial charge in [-0.2, -0.15) is 0 Å². The quantitative estimate of drug-likeness (QED) is 0.400. The first-order valence-corrected chi connectivity index (χ1v) is 11.7. The molecule has 3 rings (SSSR count). The van der Waals surface area contributed by atoms with Gasteiger partial charge in [-0.1, -0.05) is 12.1 Å². The molecule has 1 aromatic heterocycles. The Morgan fingerprint density at radius 3 is 2.11 bits per heavy atom. The van der Waals surface area contributed by atoms with Crippen LogP contribution in [0.1, 0.15) is 39.3 Å². The summed E-state index contributed by atoms with van der Waals surface area (Å²) in [7, 11) is 6.19. The fraction of sp³-hybridized carbons (Fsp3) is 0.357. The standard InChI is InChI=1S/C28H34N2O6/c1-17-15-20(8-11-22(17)33-3)27-21(9-12-25(31)36-6)30(18(2)26(27)28(29)32)14-13-19-7-10-23(34-4)24(16-19)35-5/h7-8,10-11,15-16H,9,12-14H2,1-6H3,(H2,29,32). The first-order valence-electron chi connectivity index (χ1n) is 11.7. The van der Waals surface area contributed by atoms with Gasteiger partial charge in [-0.25, -0.2) is 0 Å². The topological polar surface area (TPSA) is 102 Å². The van der Waals surface area contributed by atoms with Crippen LogP contribution in [0.15, 0.2) is 36.4 Å². The third-order valence-corrected chi connectivity index (χ3v) is 6.43. The smallest absolute Gasteiger partial charge is 0.305 e. The van der Waals surface area contributed by atoms with E-state index < -0.39 is 5.91 Å². The van der Waals surface area contributed by atoms with E-state index in [1.165, 1.54) is 7.11 Å². The zero-order valence-electron chi connectivity index (χ0n) is 21.8. The molecule has 0 spiro atoms. The zero-order chi connectivity index (χ0) is 26.4. The molecule has 8 nitrogen and oxygen atoms in total. The van der Waals surface area contributed by atoms with E-state index in [0.29, 0.717) is 36.4 Å². The lowest BCUT2D eigenvalue weighted by Crippen LogP contribution is -2.14. The van der Waals surface area contributed by atoms with Crippen molar-refractivity contribution in [3.8, 4) is 28.4 Å². The highest BCUT2D eigenvalue weighted by atomic mass is 16.5. The molecular weight excluding hydrogens is 460 g/mol. The zero-order valence-corrected chi connectivity index (χ0v) is 21.8.